The highest BCUT2D eigenvalue weighted by Crippen LogP contribution is 2.27. The predicted octanol–water partition coefficient (Wildman–Crippen LogP) is 2.88. The molecule has 0 bridgehead atoms. The molecule has 1 aromatic heterocycles. The summed E-state index contributed by atoms with van der Waals surface area (Å²) in [5.41, 5.74) is 0. The second-order valence-corrected chi connectivity index (χ2v) is 5.59. The lowest BCUT2D eigenvalue weighted by molar-refractivity contribution is 0.0903. The number of ether oxygens (including phenoxy) is 1. The molecule has 0 aromatic carbocycles. The second-order valence-electron chi connectivity index (χ2n) is 5.59. The number of nitrogens with one attached hydrogen (secondary N) is 1. The number of hydrogen-bond donors (Lipinski definition) is 1. The van der Waals surface area contributed by atoms with Crippen LogP contribution in [0.15, 0.2) is 4.52 Å². The van der Waals surface area contributed by atoms with E-state index in [1.165, 1.54) is 25.7 Å². The largest absolute Gasteiger partial charge is 0.373 e. The molecule has 0 amide bonds. The Labute approximate surface area is 121 Å². The van der Waals surface area contributed by atoms with E-state index in [2.05, 4.69) is 29.3 Å². The van der Waals surface area contributed by atoms with Gasteiger partial charge in [-0.3, -0.25) is 0 Å². The minimum atomic E-state index is -0.0524. The zero-order valence-corrected chi connectivity index (χ0v) is 12.9. The average molecular weight is 281 g/mol. The predicted molar refractivity (Wildman–Crippen MR) is 77.5 cm³/mol. The molecule has 1 saturated carbocycles. The van der Waals surface area contributed by atoms with Crippen LogP contribution in [0.25, 0.3) is 0 Å². The van der Waals surface area contributed by atoms with Gasteiger partial charge in [0.25, 0.3) is 0 Å². The Kier molecular flexibility index (Phi) is 5.98. The normalized spacial score (nSPS) is 24.8. The first kappa shape index (κ1) is 15.4. The van der Waals surface area contributed by atoms with E-state index in [0.717, 1.165) is 25.3 Å². The quantitative estimate of drug-likeness (QED) is 0.832. The van der Waals surface area contributed by atoms with E-state index in [1.54, 1.807) is 7.11 Å². The maximum atomic E-state index is 5.41. The van der Waals surface area contributed by atoms with E-state index in [0.29, 0.717) is 17.8 Å². The van der Waals surface area contributed by atoms with E-state index >= 15 is 0 Å². The van der Waals surface area contributed by atoms with Crippen LogP contribution in [0.2, 0.25) is 0 Å². The topological polar surface area (TPSA) is 60.2 Å². The summed E-state index contributed by atoms with van der Waals surface area (Å²) in [4.78, 5) is 4.51. The standard InChI is InChI=1S/C15H27N3O2/c1-4-13(19-3)15-17-14(20-18-15)10-11-8-6-7-9-12(11)16-5-2/h11-13,16H,4-10H2,1-3H3. The van der Waals surface area contributed by atoms with Gasteiger partial charge in [0, 0.05) is 19.6 Å². The van der Waals surface area contributed by atoms with Crippen molar-refractivity contribution in [3.63, 3.8) is 0 Å². The van der Waals surface area contributed by atoms with Crippen molar-refractivity contribution in [3.05, 3.63) is 11.7 Å². The molecular formula is C15H27N3O2. The highest BCUT2D eigenvalue weighted by Gasteiger charge is 2.27. The van der Waals surface area contributed by atoms with Gasteiger partial charge in [-0.1, -0.05) is 31.8 Å². The maximum absolute atomic E-state index is 5.41. The molecule has 2 rings (SSSR count). The molecule has 114 valence electrons. The molecule has 0 radical (unpaired) electrons. The van der Waals surface area contributed by atoms with Gasteiger partial charge in [0.2, 0.25) is 11.7 Å². The van der Waals surface area contributed by atoms with Gasteiger partial charge >= 0.3 is 0 Å². The van der Waals surface area contributed by atoms with Crippen molar-refractivity contribution in [2.24, 2.45) is 5.92 Å². The summed E-state index contributed by atoms with van der Waals surface area (Å²) in [7, 11) is 1.69. The lowest BCUT2D eigenvalue weighted by Crippen LogP contribution is -2.39. The van der Waals surface area contributed by atoms with E-state index in [1.807, 2.05) is 0 Å². The van der Waals surface area contributed by atoms with Crippen molar-refractivity contribution >= 4 is 0 Å². The Morgan fingerprint density at radius 3 is 2.85 bits per heavy atom. The molecule has 5 heteroatoms. The Morgan fingerprint density at radius 2 is 2.15 bits per heavy atom. The van der Waals surface area contributed by atoms with E-state index in [4.69, 9.17) is 9.26 Å². The molecule has 1 aromatic rings. The third kappa shape index (κ3) is 3.79. The van der Waals surface area contributed by atoms with Crippen molar-refractivity contribution in [2.75, 3.05) is 13.7 Å². The van der Waals surface area contributed by atoms with Gasteiger partial charge in [-0.25, -0.2) is 0 Å². The van der Waals surface area contributed by atoms with Crippen molar-refractivity contribution < 1.29 is 9.26 Å². The molecule has 0 aliphatic heterocycles. The molecule has 3 unspecified atom stereocenters. The van der Waals surface area contributed by atoms with Gasteiger partial charge < -0.3 is 14.6 Å². The first-order valence-electron chi connectivity index (χ1n) is 7.87. The van der Waals surface area contributed by atoms with Gasteiger partial charge in [0.15, 0.2) is 0 Å². The summed E-state index contributed by atoms with van der Waals surface area (Å²) < 4.78 is 10.8. The van der Waals surface area contributed by atoms with Gasteiger partial charge in [0.1, 0.15) is 6.10 Å². The van der Waals surface area contributed by atoms with Crippen LogP contribution < -0.4 is 5.32 Å². The van der Waals surface area contributed by atoms with E-state index in [9.17, 15) is 0 Å². The molecule has 1 aliphatic rings. The smallest absolute Gasteiger partial charge is 0.227 e. The van der Waals surface area contributed by atoms with E-state index in [-0.39, 0.29) is 6.10 Å². The van der Waals surface area contributed by atoms with Crippen LogP contribution in [0.4, 0.5) is 0 Å². The Morgan fingerprint density at radius 1 is 1.35 bits per heavy atom. The average Bonchev–Trinajstić information content (AvgIpc) is 2.91. The lowest BCUT2D eigenvalue weighted by atomic mass is 9.82. The van der Waals surface area contributed by atoms with Crippen LogP contribution in [-0.4, -0.2) is 29.8 Å². The SMILES string of the molecule is CCNC1CCCCC1Cc1nc(C(CC)OC)no1. The lowest BCUT2D eigenvalue weighted by Gasteiger charge is -2.31. The molecule has 1 heterocycles. The molecule has 20 heavy (non-hydrogen) atoms. The van der Waals surface area contributed by atoms with Crippen LogP contribution in [0.1, 0.15) is 63.8 Å². The van der Waals surface area contributed by atoms with Crippen LogP contribution in [0, 0.1) is 5.92 Å². The Balaban J connectivity index is 1.97. The summed E-state index contributed by atoms with van der Waals surface area (Å²) in [6.07, 6.45) is 6.83. The molecule has 0 saturated heterocycles. The van der Waals surface area contributed by atoms with E-state index < -0.39 is 0 Å². The molecule has 0 spiro atoms. The van der Waals surface area contributed by atoms with Crippen molar-refractivity contribution in [1.82, 2.24) is 15.5 Å². The van der Waals surface area contributed by atoms with Gasteiger partial charge in [-0.15, -0.1) is 0 Å². The molecule has 1 N–H and O–H groups in total. The summed E-state index contributed by atoms with van der Waals surface area (Å²) in [6, 6.07) is 0.591. The fourth-order valence-corrected chi connectivity index (χ4v) is 3.14. The van der Waals surface area contributed by atoms with Gasteiger partial charge in [-0.2, -0.15) is 4.98 Å². The van der Waals surface area contributed by atoms with Crippen molar-refractivity contribution in [1.29, 1.82) is 0 Å². The van der Waals surface area contributed by atoms with Gasteiger partial charge in [0.05, 0.1) is 0 Å². The van der Waals surface area contributed by atoms with Crippen molar-refractivity contribution in [3.8, 4) is 0 Å². The first-order valence-corrected chi connectivity index (χ1v) is 7.87. The van der Waals surface area contributed by atoms with Crippen LogP contribution in [-0.2, 0) is 11.2 Å². The number of methoxy groups -OCH3 is 1. The third-order valence-electron chi connectivity index (χ3n) is 4.24. The second kappa shape index (κ2) is 7.74. The fraction of sp³-hybridized carbons (Fsp3) is 0.867. The minimum Gasteiger partial charge on any atom is -0.373 e. The highest BCUT2D eigenvalue weighted by atomic mass is 16.5. The summed E-state index contributed by atoms with van der Waals surface area (Å²) in [6.45, 7) is 5.26. The van der Waals surface area contributed by atoms with Gasteiger partial charge in [-0.05, 0) is 31.7 Å². The Bertz CT molecular complexity index is 388. The Hall–Kier alpha value is -0.940. The molecule has 5 nitrogen and oxygen atoms in total. The van der Waals surface area contributed by atoms with Crippen LogP contribution >= 0.6 is 0 Å². The zero-order chi connectivity index (χ0) is 14.4. The maximum Gasteiger partial charge on any atom is 0.227 e. The molecule has 1 aliphatic carbocycles. The number of hydrogen-bond acceptors (Lipinski definition) is 5. The zero-order valence-electron chi connectivity index (χ0n) is 12.9. The van der Waals surface area contributed by atoms with Crippen LogP contribution in [0.5, 0.6) is 0 Å². The van der Waals surface area contributed by atoms with Crippen molar-refractivity contribution in [2.45, 2.75) is 64.5 Å². The number of rotatable bonds is 7. The fourth-order valence-electron chi connectivity index (χ4n) is 3.14. The number of aromatic nitrogens is 2. The number of nitrogens with zero attached hydrogens (tertiary/aromatic N) is 2. The monoisotopic (exact) mass is 281 g/mol. The molecule has 1 fully saturated rings. The third-order valence-corrected chi connectivity index (χ3v) is 4.24. The highest BCUT2D eigenvalue weighted by molar-refractivity contribution is 4.94. The first-order chi connectivity index (χ1) is 9.78. The molecule has 3 atom stereocenters. The summed E-state index contributed by atoms with van der Waals surface area (Å²) in [5.74, 6) is 2.05. The summed E-state index contributed by atoms with van der Waals surface area (Å²) in [5, 5.41) is 7.66. The van der Waals surface area contributed by atoms with Crippen LogP contribution in [0.3, 0.4) is 0 Å². The molecular weight excluding hydrogens is 254 g/mol. The summed E-state index contributed by atoms with van der Waals surface area (Å²) >= 11 is 0. The minimum absolute atomic E-state index is 0.0524.